The molecule has 3 fully saturated rings. The van der Waals surface area contributed by atoms with E-state index in [1.807, 2.05) is 44.2 Å². The van der Waals surface area contributed by atoms with Gasteiger partial charge in [-0.15, -0.1) is 13.2 Å². The van der Waals surface area contributed by atoms with Crippen LogP contribution in [-0.4, -0.2) is 93.6 Å². The second-order valence-electron chi connectivity index (χ2n) is 12.5. The Balaban J connectivity index is 1.83. The smallest absolute Gasteiger partial charge is 0.248 e. The number of hydrogen-bond donors (Lipinski definition) is 1. The number of hydrogen-bond acceptors (Lipinski definition) is 5. The zero-order valence-corrected chi connectivity index (χ0v) is 26.4. The largest absolute Gasteiger partial charge is 0.394 e. The molecule has 0 saturated carbocycles. The van der Waals surface area contributed by atoms with Gasteiger partial charge in [0, 0.05) is 26.2 Å². The Morgan fingerprint density at radius 1 is 1.02 bits per heavy atom. The van der Waals surface area contributed by atoms with E-state index in [0.29, 0.717) is 51.9 Å². The van der Waals surface area contributed by atoms with Gasteiger partial charge in [-0.3, -0.25) is 14.4 Å². The molecule has 3 aliphatic heterocycles. The van der Waals surface area contributed by atoms with Gasteiger partial charge in [0.15, 0.2) is 0 Å². The second-order valence-corrected chi connectivity index (χ2v) is 12.5. The van der Waals surface area contributed by atoms with Crippen molar-refractivity contribution in [2.24, 2.45) is 11.8 Å². The average molecular weight is 594 g/mol. The summed E-state index contributed by atoms with van der Waals surface area (Å²) in [7, 11) is 0. The molecule has 2 unspecified atom stereocenters. The van der Waals surface area contributed by atoms with E-state index in [1.165, 1.54) is 0 Å². The van der Waals surface area contributed by atoms with Gasteiger partial charge < -0.3 is 24.5 Å². The minimum Gasteiger partial charge on any atom is -0.394 e. The van der Waals surface area contributed by atoms with Crippen LogP contribution in [0.15, 0.2) is 55.6 Å². The zero-order valence-electron chi connectivity index (χ0n) is 26.4. The monoisotopic (exact) mass is 593 g/mol. The molecule has 236 valence electrons. The van der Waals surface area contributed by atoms with E-state index in [0.717, 1.165) is 31.2 Å². The number of ether oxygens (including phenoxy) is 1. The Morgan fingerprint density at radius 3 is 2.28 bits per heavy atom. The van der Waals surface area contributed by atoms with Gasteiger partial charge in [-0.05, 0) is 44.1 Å². The lowest BCUT2D eigenvalue weighted by molar-refractivity contribution is -0.158. The third-order valence-corrected chi connectivity index (χ3v) is 9.88. The molecule has 4 rings (SSSR count). The number of likely N-dealkylation sites (tertiary alicyclic amines) is 1. The number of benzene rings is 1. The highest BCUT2D eigenvalue weighted by atomic mass is 16.5. The predicted molar refractivity (Wildman–Crippen MR) is 168 cm³/mol. The Kier molecular flexibility index (Phi) is 10.9. The average Bonchev–Trinajstić information content (AvgIpc) is 3.63. The highest BCUT2D eigenvalue weighted by Gasteiger charge is 2.79. The van der Waals surface area contributed by atoms with Crippen LogP contribution < -0.4 is 0 Å². The fourth-order valence-electron chi connectivity index (χ4n) is 7.93. The summed E-state index contributed by atoms with van der Waals surface area (Å²) in [4.78, 5) is 49.0. The van der Waals surface area contributed by atoms with Crippen molar-refractivity contribution >= 4 is 17.7 Å². The van der Waals surface area contributed by atoms with Gasteiger partial charge in [0.1, 0.15) is 11.6 Å². The lowest BCUT2D eigenvalue weighted by Gasteiger charge is -2.39. The van der Waals surface area contributed by atoms with Crippen molar-refractivity contribution in [3.8, 4) is 0 Å². The highest BCUT2D eigenvalue weighted by molar-refractivity contribution is 5.99. The van der Waals surface area contributed by atoms with Gasteiger partial charge in [-0.25, -0.2) is 0 Å². The van der Waals surface area contributed by atoms with Crippen molar-refractivity contribution in [3.05, 3.63) is 61.2 Å². The summed E-state index contributed by atoms with van der Waals surface area (Å²) >= 11 is 0. The maximum atomic E-state index is 14.8. The van der Waals surface area contributed by atoms with Crippen molar-refractivity contribution < 1.29 is 24.2 Å². The van der Waals surface area contributed by atoms with Crippen LogP contribution in [0.4, 0.5) is 0 Å². The summed E-state index contributed by atoms with van der Waals surface area (Å²) in [5, 5.41) is 10.7. The molecule has 1 N–H and O–H groups in total. The minimum absolute atomic E-state index is 0.105. The van der Waals surface area contributed by atoms with E-state index in [1.54, 1.807) is 26.9 Å². The second kappa shape index (κ2) is 14.2. The summed E-state index contributed by atoms with van der Waals surface area (Å²) in [6.07, 6.45) is 9.15. The summed E-state index contributed by atoms with van der Waals surface area (Å²) in [6.45, 7) is 15.5. The Labute approximate surface area is 257 Å². The number of aliphatic hydroxyl groups excluding tert-OH is 1. The van der Waals surface area contributed by atoms with Crippen molar-refractivity contribution in [1.29, 1.82) is 0 Å². The highest BCUT2D eigenvalue weighted by Crippen LogP contribution is 2.65. The SMILES string of the molecule is C=CCN(CCCCC)C(=O)C1N([C@@H](CO)Cc2ccccc2)C(=O)[C@@H]2[C@@H](C(=O)N(CC=C)CCC)[C@@]3(CC)CCC12O3. The van der Waals surface area contributed by atoms with Gasteiger partial charge in [-0.1, -0.05) is 76.1 Å². The lowest BCUT2D eigenvalue weighted by atomic mass is 9.64. The maximum Gasteiger partial charge on any atom is 0.248 e. The molecule has 6 atom stereocenters. The minimum atomic E-state index is -1.13. The summed E-state index contributed by atoms with van der Waals surface area (Å²) < 4.78 is 7.00. The molecule has 0 aliphatic carbocycles. The predicted octanol–water partition coefficient (Wildman–Crippen LogP) is 4.37. The molecule has 0 aromatic heterocycles. The fourth-order valence-corrected chi connectivity index (χ4v) is 7.93. The third-order valence-electron chi connectivity index (χ3n) is 9.88. The maximum absolute atomic E-state index is 14.8. The van der Waals surface area contributed by atoms with E-state index >= 15 is 0 Å². The molecule has 3 aliphatic rings. The van der Waals surface area contributed by atoms with E-state index in [9.17, 15) is 19.5 Å². The number of rotatable bonds is 17. The number of fused-ring (bicyclic) bond motifs is 1. The molecular formula is C35H51N3O5. The van der Waals surface area contributed by atoms with Crippen LogP contribution in [0, 0.1) is 11.8 Å². The number of carbonyl (C=O) groups excluding carboxylic acids is 3. The van der Waals surface area contributed by atoms with Crippen molar-refractivity contribution in [3.63, 3.8) is 0 Å². The van der Waals surface area contributed by atoms with Crippen LogP contribution in [0.25, 0.3) is 0 Å². The van der Waals surface area contributed by atoms with Crippen molar-refractivity contribution in [1.82, 2.24) is 14.7 Å². The van der Waals surface area contributed by atoms with E-state index in [4.69, 9.17) is 4.74 Å². The molecule has 2 bridgehead atoms. The van der Waals surface area contributed by atoms with Gasteiger partial charge >= 0.3 is 0 Å². The van der Waals surface area contributed by atoms with Gasteiger partial charge in [-0.2, -0.15) is 0 Å². The van der Waals surface area contributed by atoms with E-state index in [-0.39, 0.29) is 24.3 Å². The van der Waals surface area contributed by atoms with Gasteiger partial charge in [0.05, 0.1) is 30.1 Å². The molecule has 3 saturated heterocycles. The van der Waals surface area contributed by atoms with E-state index in [2.05, 4.69) is 20.1 Å². The Hall–Kier alpha value is -2.97. The quantitative estimate of drug-likeness (QED) is 0.214. The lowest BCUT2D eigenvalue weighted by Crippen LogP contribution is -2.59. The van der Waals surface area contributed by atoms with Gasteiger partial charge in [0.2, 0.25) is 17.7 Å². The molecule has 3 heterocycles. The molecule has 1 spiro atoms. The summed E-state index contributed by atoms with van der Waals surface area (Å²) in [5.41, 5.74) is -0.983. The molecule has 43 heavy (non-hydrogen) atoms. The first-order valence-corrected chi connectivity index (χ1v) is 16.3. The summed E-state index contributed by atoms with van der Waals surface area (Å²) in [6, 6.07) is 8.14. The third kappa shape index (κ3) is 5.93. The molecule has 8 nitrogen and oxygen atoms in total. The number of nitrogens with zero attached hydrogens (tertiary/aromatic N) is 3. The topological polar surface area (TPSA) is 90.4 Å². The summed E-state index contributed by atoms with van der Waals surface area (Å²) in [5.74, 6) is -2.04. The van der Waals surface area contributed by atoms with Crippen LogP contribution in [-0.2, 0) is 25.5 Å². The molecular weight excluding hydrogens is 542 g/mol. The van der Waals surface area contributed by atoms with Crippen LogP contribution in [0.3, 0.4) is 0 Å². The molecule has 0 radical (unpaired) electrons. The molecule has 8 heteroatoms. The van der Waals surface area contributed by atoms with Crippen LogP contribution >= 0.6 is 0 Å². The number of amides is 3. The first-order valence-electron chi connectivity index (χ1n) is 16.3. The van der Waals surface area contributed by atoms with Gasteiger partial charge in [0.25, 0.3) is 0 Å². The molecule has 1 aromatic rings. The first kappa shape index (κ1) is 32.9. The first-order chi connectivity index (χ1) is 20.8. The normalized spacial score (nSPS) is 28.0. The van der Waals surface area contributed by atoms with E-state index < -0.39 is 35.1 Å². The number of aliphatic hydroxyl groups is 1. The van der Waals surface area contributed by atoms with Crippen molar-refractivity contribution in [2.75, 3.05) is 32.8 Å². The zero-order chi connectivity index (χ0) is 31.2. The van der Waals surface area contributed by atoms with Crippen molar-refractivity contribution in [2.45, 2.75) is 95.4 Å². The van der Waals surface area contributed by atoms with Crippen LogP contribution in [0.5, 0.6) is 0 Å². The molecule has 1 aromatic carbocycles. The molecule has 3 amide bonds. The Bertz CT molecular complexity index is 1160. The number of unbranched alkanes of at least 4 members (excludes halogenated alkanes) is 2. The standard InChI is InChI=1S/C35H51N3O5/c1-6-11-15-23-37(22-9-4)33(42)30-35-19-18-34(10-5,43-35)28(31(40)36(20-7-2)21-8-3)29(35)32(41)38(30)27(25-39)24-26-16-13-12-14-17-26/h7,9,12-14,16-17,27-30,39H,2,4,6,8,10-11,15,18-25H2,1,3,5H3/t27-,28+,29+,30?,34-,35?/m1/s1. The fraction of sp³-hybridized carbons (Fsp3) is 0.629. The van der Waals surface area contributed by atoms with Crippen LogP contribution in [0.1, 0.15) is 71.3 Å². The number of carbonyl (C=O) groups is 3. The Morgan fingerprint density at radius 2 is 1.70 bits per heavy atom. The van der Waals surface area contributed by atoms with Crippen LogP contribution in [0.2, 0.25) is 0 Å².